The Bertz CT molecular complexity index is 2540. The molecule has 81 heavy (non-hydrogen) atoms. The topological polar surface area (TPSA) is 302 Å². The molecule has 2 aromatic carbocycles. The highest BCUT2D eigenvalue weighted by Gasteiger charge is 2.49. The number of aliphatic hydroxyl groups is 3. The van der Waals surface area contributed by atoms with Crippen LogP contribution in [0.15, 0.2) is 60.1 Å². The fourth-order valence-electron chi connectivity index (χ4n) is 11.5. The highest BCUT2D eigenvalue weighted by atomic mass is 32.1. The summed E-state index contributed by atoms with van der Waals surface area (Å²) in [4.78, 5) is 91.1. The van der Waals surface area contributed by atoms with Gasteiger partial charge in [0.25, 0.3) is 5.91 Å². The van der Waals surface area contributed by atoms with Crippen LogP contribution in [0.2, 0.25) is 0 Å². The second-order valence-electron chi connectivity index (χ2n) is 22.8. The maximum Gasteiger partial charge on any atom is 0.335 e. The summed E-state index contributed by atoms with van der Waals surface area (Å²) in [6.07, 6.45) is -6.64. The largest absolute Gasteiger partial charge is 0.479 e. The zero-order valence-corrected chi connectivity index (χ0v) is 49.8. The summed E-state index contributed by atoms with van der Waals surface area (Å²) in [6, 6.07) is 11.6. The van der Waals surface area contributed by atoms with Gasteiger partial charge in [-0.15, -0.1) is 11.3 Å². The zero-order chi connectivity index (χ0) is 60.0. The van der Waals surface area contributed by atoms with Crippen molar-refractivity contribution < 1.29 is 72.6 Å². The molecule has 0 bridgehead atoms. The lowest BCUT2D eigenvalue weighted by Crippen LogP contribution is -2.63. The van der Waals surface area contributed by atoms with Crippen LogP contribution in [-0.4, -0.2) is 191 Å². The first kappa shape index (κ1) is 66.2. The van der Waals surface area contributed by atoms with Crippen molar-refractivity contribution in [3.63, 3.8) is 0 Å². The maximum absolute atomic E-state index is 15.0. The second kappa shape index (κ2) is 30.1. The summed E-state index contributed by atoms with van der Waals surface area (Å²) in [6.45, 7) is 14.0. The molecule has 5 amide bonds. The minimum atomic E-state index is -1.94. The molecule has 450 valence electrons. The Morgan fingerprint density at radius 1 is 0.914 bits per heavy atom. The quantitative estimate of drug-likeness (QED) is 0.0462. The standard InChI is InChI=1S/C58H88N8O14S/c1-13-34(6)46(42(77-11)30-44(68)65-26-17-20-40(65)51(78-12)35(7)53(72)62-39(55-60-25-27-81-55)28-36-18-15-14-16-19-36)64(8)56(74)45(32(2)3)63-54(73)47(33(4)5)66(9,10)31-37-21-22-41(38(29-37)61-43(67)23-24-59)79-58-50(71)48(69)49(70)52(80-58)57(75)76/h14-16,18-19,21-22,25,27,29,32-35,39-40,42,45-52,58,69-71H,13,17,20,23-24,26,28,30-31,59H2,1-12H3,(H3-,61,62,63,67,72,73,75,76)/p+1/t34-,35+,39-,40-,42+,45-,46-,47-,48-,49-,50+,51+,52-,58+/m0/s1. The third-order valence-corrected chi connectivity index (χ3v) is 16.7. The molecule has 5 rings (SSSR count). The van der Waals surface area contributed by atoms with Gasteiger partial charge in [-0.05, 0) is 54.9 Å². The number of carbonyl (C=O) groups is 6. The number of likely N-dealkylation sites (N-methyl/N-ethyl adjacent to an activating group) is 2. The molecule has 23 heteroatoms. The van der Waals surface area contributed by atoms with Gasteiger partial charge in [-0.2, -0.15) is 0 Å². The Morgan fingerprint density at radius 3 is 2.19 bits per heavy atom. The molecule has 2 aliphatic rings. The summed E-state index contributed by atoms with van der Waals surface area (Å²) >= 11 is 1.47. The monoisotopic (exact) mass is 1150 g/mol. The number of ether oxygens (including phenoxy) is 4. The molecule has 2 aliphatic heterocycles. The number of aromatic nitrogens is 1. The number of nitrogens with zero attached hydrogens (tertiary/aromatic N) is 4. The summed E-state index contributed by atoms with van der Waals surface area (Å²) in [5, 5.41) is 52.7. The minimum absolute atomic E-state index is 0.0249. The molecule has 3 aromatic rings. The van der Waals surface area contributed by atoms with E-state index in [0.717, 1.165) is 10.6 Å². The molecule has 22 nitrogen and oxygen atoms in total. The highest BCUT2D eigenvalue weighted by Crippen LogP contribution is 2.34. The van der Waals surface area contributed by atoms with Gasteiger partial charge in [0.05, 0.1) is 62.5 Å². The predicted molar refractivity (Wildman–Crippen MR) is 304 cm³/mol. The predicted octanol–water partition coefficient (Wildman–Crippen LogP) is 3.46. The van der Waals surface area contributed by atoms with E-state index in [4.69, 9.17) is 24.7 Å². The molecule has 0 spiro atoms. The first-order valence-corrected chi connectivity index (χ1v) is 28.9. The van der Waals surface area contributed by atoms with Crippen LogP contribution < -0.4 is 26.4 Å². The number of carbonyl (C=O) groups excluding carboxylic acids is 5. The van der Waals surface area contributed by atoms with Gasteiger partial charge in [0.15, 0.2) is 12.1 Å². The molecule has 14 atom stereocenters. The first-order valence-electron chi connectivity index (χ1n) is 28.0. The summed E-state index contributed by atoms with van der Waals surface area (Å²) in [5.74, 6) is -4.67. The maximum atomic E-state index is 15.0. The Kier molecular flexibility index (Phi) is 24.6. The first-order chi connectivity index (χ1) is 38.3. The Labute approximate surface area is 480 Å². The number of nitrogens with one attached hydrogen (secondary N) is 3. The number of aliphatic hydroxyl groups excluding tert-OH is 3. The van der Waals surface area contributed by atoms with Crippen LogP contribution >= 0.6 is 11.3 Å². The summed E-state index contributed by atoms with van der Waals surface area (Å²) in [7, 11) is 8.51. The van der Waals surface area contributed by atoms with Crippen LogP contribution in [0, 0.1) is 23.7 Å². The second-order valence-corrected chi connectivity index (χ2v) is 23.8. The molecular weight excluding hydrogens is 1060 g/mol. The average molecular weight is 1150 g/mol. The number of benzene rings is 2. The van der Waals surface area contributed by atoms with Crippen LogP contribution in [0.25, 0.3) is 0 Å². The normalized spacial score (nSPS) is 22.4. The van der Waals surface area contributed by atoms with Crippen molar-refractivity contribution in [2.24, 2.45) is 29.4 Å². The lowest BCUT2D eigenvalue weighted by atomic mass is 9.89. The molecule has 0 radical (unpaired) electrons. The van der Waals surface area contributed by atoms with Gasteiger partial charge < -0.3 is 75.3 Å². The van der Waals surface area contributed by atoms with E-state index in [0.29, 0.717) is 37.8 Å². The van der Waals surface area contributed by atoms with E-state index in [9.17, 15) is 49.2 Å². The lowest BCUT2D eigenvalue weighted by Gasteiger charge is -2.42. The summed E-state index contributed by atoms with van der Waals surface area (Å²) < 4.78 is 23.5. The van der Waals surface area contributed by atoms with Gasteiger partial charge in [0.2, 0.25) is 29.9 Å². The van der Waals surface area contributed by atoms with Gasteiger partial charge in [-0.1, -0.05) is 85.2 Å². The third kappa shape index (κ3) is 16.8. The lowest BCUT2D eigenvalue weighted by molar-refractivity contribution is -0.922. The van der Waals surface area contributed by atoms with Gasteiger partial charge in [0.1, 0.15) is 41.7 Å². The van der Waals surface area contributed by atoms with Crippen LogP contribution in [-0.2, 0) is 55.9 Å². The smallest absolute Gasteiger partial charge is 0.335 e. The van der Waals surface area contributed by atoms with E-state index in [1.54, 1.807) is 42.3 Å². The van der Waals surface area contributed by atoms with Crippen LogP contribution in [0.5, 0.6) is 5.75 Å². The Hall–Kier alpha value is -5.63. The molecular formula is C58H89N8O14S+. The van der Waals surface area contributed by atoms with E-state index < -0.39 is 84.9 Å². The van der Waals surface area contributed by atoms with Crippen LogP contribution in [0.1, 0.15) is 103 Å². The number of carboxylic acids is 1. The number of hydrogen-bond acceptors (Lipinski definition) is 16. The number of thiazole rings is 1. The number of hydrogen-bond donors (Lipinski definition) is 8. The van der Waals surface area contributed by atoms with Crippen LogP contribution in [0.3, 0.4) is 0 Å². The molecule has 0 unspecified atom stereocenters. The number of anilines is 1. The number of quaternary nitrogens is 1. The molecule has 1 aromatic heterocycles. The number of carboxylic acid groups (broad SMARTS) is 1. The van der Waals surface area contributed by atoms with Crippen molar-refractivity contribution in [3.8, 4) is 5.75 Å². The number of rotatable bonds is 29. The van der Waals surface area contributed by atoms with Gasteiger partial charge in [-0.25, -0.2) is 9.78 Å². The van der Waals surface area contributed by atoms with Crippen LogP contribution in [0.4, 0.5) is 5.69 Å². The van der Waals surface area contributed by atoms with Gasteiger partial charge in [-0.3, -0.25) is 24.0 Å². The molecule has 2 saturated heterocycles. The third-order valence-electron chi connectivity index (χ3n) is 15.8. The van der Waals surface area contributed by atoms with Crippen molar-refractivity contribution >= 4 is 52.5 Å². The number of methoxy groups -OCH3 is 2. The Balaban J connectivity index is 1.32. The number of nitrogens with two attached hydrogens (primary N) is 1. The number of likely N-dealkylation sites (tertiary alicyclic amines) is 1. The molecule has 9 N–H and O–H groups in total. The van der Waals surface area contributed by atoms with Crippen molar-refractivity contribution in [1.82, 2.24) is 25.4 Å². The van der Waals surface area contributed by atoms with E-state index in [1.165, 1.54) is 24.5 Å². The van der Waals surface area contributed by atoms with Gasteiger partial charge in [0, 0.05) is 63.8 Å². The van der Waals surface area contributed by atoms with Crippen molar-refractivity contribution in [1.29, 1.82) is 0 Å². The van der Waals surface area contributed by atoms with Crippen molar-refractivity contribution in [2.45, 2.75) is 167 Å². The number of aliphatic carboxylic acids is 1. The zero-order valence-electron chi connectivity index (χ0n) is 49.0. The average Bonchev–Trinajstić information content (AvgIpc) is 4.15. The van der Waals surface area contributed by atoms with E-state index in [2.05, 4.69) is 20.9 Å². The minimum Gasteiger partial charge on any atom is -0.479 e. The fraction of sp³-hybridized carbons (Fsp3) is 0.638. The van der Waals surface area contributed by atoms with E-state index >= 15 is 0 Å². The fourth-order valence-corrected chi connectivity index (χ4v) is 12.2. The molecule has 0 saturated carbocycles. The van der Waals surface area contributed by atoms with E-state index in [1.807, 2.05) is 98.3 Å². The Morgan fingerprint density at radius 2 is 1.60 bits per heavy atom. The molecule has 0 aliphatic carbocycles. The molecule has 3 heterocycles. The highest BCUT2D eigenvalue weighted by molar-refractivity contribution is 7.09. The van der Waals surface area contributed by atoms with Gasteiger partial charge >= 0.3 is 5.97 Å². The van der Waals surface area contributed by atoms with E-state index in [-0.39, 0.29) is 89.3 Å². The molecule has 2 fully saturated rings. The number of amides is 5. The van der Waals surface area contributed by atoms with Crippen molar-refractivity contribution in [2.75, 3.05) is 53.8 Å². The summed E-state index contributed by atoms with van der Waals surface area (Å²) in [5.41, 5.74) is 7.44. The van der Waals surface area contributed by atoms with Crippen molar-refractivity contribution in [3.05, 3.63) is 76.2 Å². The SMILES string of the molecule is CC[C@H](C)[C@@H]([C@@H](CC(=O)N1CCC[C@H]1[C@H](OC)[C@@H](C)C(=O)N[C@@H](Cc1ccccc1)c1nccs1)OC)N(C)C(=O)[C@@H](NC(=O)[C@H](C(C)C)[N+](C)(C)Cc1ccc(O[C@@H]2O[C@H](C(=O)O)[C@@H](O)[C@H](O)[C@H]2O)c(NC(=O)CCN)c1)C(C)C.